The van der Waals surface area contributed by atoms with Crippen LogP contribution in [0.4, 0.5) is 9.59 Å². The number of methoxy groups -OCH3 is 1. The van der Waals surface area contributed by atoms with Gasteiger partial charge in [0.1, 0.15) is 17.0 Å². The van der Waals surface area contributed by atoms with Crippen molar-refractivity contribution < 1.29 is 23.8 Å². The number of rotatable bonds is 3. The maximum Gasteiger partial charge on any atom is 0.420 e. The number of ether oxygens (including phenoxy) is 3. The fourth-order valence-electron chi connectivity index (χ4n) is 1.95. The highest BCUT2D eigenvalue weighted by atomic mass is 16.6. The minimum atomic E-state index is -0.821. The van der Waals surface area contributed by atoms with Gasteiger partial charge in [-0.1, -0.05) is 6.07 Å². The van der Waals surface area contributed by atoms with Crippen molar-refractivity contribution in [1.29, 1.82) is 5.26 Å². The molecule has 0 N–H and O–H groups in total. The number of nitrogens with zero attached hydrogens (tertiary/aromatic N) is 2. The van der Waals surface area contributed by atoms with Crippen molar-refractivity contribution in [3.63, 3.8) is 0 Å². The lowest BCUT2D eigenvalue weighted by Gasteiger charge is -2.29. The standard InChI is InChI=1S/C19H26N2O5/c1-18(2,3)25-16(22)21(17(23)26-19(4,5)6)12-14-9-8-13(11-20)10-15(14)24-7/h8-10H,12H2,1-7H3. The van der Waals surface area contributed by atoms with Crippen LogP contribution in [-0.2, 0) is 16.0 Å². The molecule has 0 unspecified atom stereocenters. The van der Waals surface area contributed by atoms with E-state index in [-0.39, 0.29) is 6.54 Å². The number of benzene rings is 1. The third-order valence-corrected chi connectivity index (χ3v) is 2.97. The second kappa shape index (κ2) is 8.09. The summed E-state index contributed by atoms with van der Waals surface area (Å²) in [6, 6.07) is 6.76. The average Bonchev–Trinajstić information content (AvgIpc) is 2.48. The van der Waals surface area contributed by atoms with Crippen LogP contribution in [0.5, 0.6) is 5.75 Å². The first-order valence-electron chi connectivity index (χ1n) is 8.17. The molecule has 0 atom stereocenters. The van der Waals surface area contributed by atoms with Gasteiger partial charge in [0.15, 0.2) is 0 Å². The zero-order valence-electron chi connectivity index (χ0n) is 16.4. The largest absolute Gasteiger partial charge is 0.496 e. The normalized spacial score (nSPS) is 11.3. The van der Waals surface area contributed by atoms with Gasteiger partial charge in [-0.25, -0.2) is 14.5 Å². The zero-order chi connectivity index (χ0) is 20.1. The molecule has 1 aromatic rings. The van der Waals surface area contributed by atoms with Crippen LogP contribution in [0.1, 0.15) is 52.7 Å². The predicted molar refractivity (Wildman–Crippen MR) is 95.7 cm³/mol. The minimum absolute atomic E-state index is 0.112. The van der Waals surface area contributed by atoms with Crippen molar-refractivity contribution >= 4 is 12.2 Å². The highest BCUT2D eigenvalue weighted by Gasteiger charge is 2.31. The Labute approximate surface area is 154 Å². The van der Waals surface area contributed by atoms with Crippen molar-refractivity contribution in [3.05, 3.63) is 29.3 Å². The van der Waals surface area contributed by atoms with Gasteiger partial charge in [0.2, 0.25) is 0 Å². The molecule has 7 heteroatoms. The van der Waals surface area contributed by atoms with Crippen LogP contribution >= 0.6 is 0 Å². The highest BCUT2D eigenvalue weighted by molar-refractivity contribution is 5.88. The number of imide groups is 1. The van der Waals surface area contributed by atoms with Gasteiger partial charge in [0.05, 0.1) is 25.3 Å². The van der Waals surface area contributed by atoms with Gasteiger partial charge in [-0.05, 0) is 53.7 Å². The van der Waals surface area contributed by atoms with E-state index in [0.29, 0.717) is 16.9 Å². The van der Waals surface area contributed by atoms with Gasteiger partial charge in [0.25, 0.3) is 0 Å². The Morgan fingerprint density at radius 2 is 1.54 bits per heavy atom. The van der Waals surface area contributed by atoms with Gasteiger partial charge >= 0.3 is 12.2 Å². The fraction of sp³-hybridized carbons (Fsp3) is 0.526. The number of nitriles is 1. The highest BCUT2D eigenvalue weighted by Crippen LogP contribution is 2.24. The van der Waals surface area contributed by atoms with Crippen LogP contribution in [0, 0.1) is 11.3 Å². The lowest BCUT2D eigenvalue weighted by molar-refractivity contribution is -0.000329. The number of amides is 2. The third kappa shape index (κ3) is 6.63. The van der Waals surface area contributed by atoms with Gasteiger partial charge < -0.3 is 14.2 Å². The molecule has 1 rings (SSSR count). The summed E-state index contributed by atoms with van der Waals surface area (Å²) in [5.74, 6) is 0.390. The van der Waals surface area contributed by atoms with Crippen LogP contribution in [0.2, 0.25) is 0 Å². The second-order valence-electron chi connectivity index (χ2n) is 7.69. The van der Waals surface area contributed by atoms with Crippen molar-refractivity contribution in [3.8, 4) is 11.8 Å². The molecular weight excluding hydrogens is 336 g/mol. The van der Waals surface area contributed by atoms with E-state index in [9.17, 15) is 9.59 Å². The Balaban J connectivity index is 3.19. The predicted octanol–water partition coefficient (Wildman–Crippen LogP) is 4.24. The molecule has 0 spiro atoms. The topological polar surface area (TPSA) is 88.9 Å². The average molecular weight is 362 g/mol. The summed E-state index contributed by atoms with van der Waals surface area (Å²) >= 11 is 0. The molecule has 0 aliphatic carbocycles. The van der Waals surface area contributed by atoms with Crippen LogP contribution in [0.15, 0.2) is 18.2 Å². The van der Waals surface area contributed by atoms with E-state index in [4.69, 9.17) is 19.5 Å². The van der Waals surface area contributed by atoms with E-state index in [2.05, 4.69) is 0 Å². The summed E-state index contributed by atoms with van der Waals surface area (Å²) in [6.45, 7) is 10.1. The molecule has 7 nitrogen and oxygen atoms in total. The van der Waals surface area contributed by atoms with E-state index < -0.39 is 23.4 Å². The molecule has 0 bridgehead atoms. The molecule has 0 aromatic heterocycles. The molecule has 26 heavy (non-hydrogen) atoms. The molecule has 0 saturated heterocycles. The Hall–Kier alpha value is -2.75. The quantitative estimate of drug-likeness (QED) is 0.799. The second-order valence-corrected chi connectivity index (χ2v) is 7.69. The summed E-state index contributed by atoms with van der Waals surface area (Å²) in [5, 5.41) is 9.00. The number of carbonyl (C=O) groups excluding carboxylic acids is 2. The van der Waals surface area contributed by atoms with Gasteiger partial charge in [0, 0.05) is 5.56 Å². The van der Waals surface area contributed by atoms with Crippen LogP contribution in [-0.4, -0.2) is 35.4 Å². The van der Waals surface area contributed by atoms with Gasteiger partial charge in [-0.3, -0.25) is 0 Å². The Morgan fingerprint density at radius 1 is 1.04 bits per heavy atom. The van der Waals surface area contributed by atoms with Gasteiger partial charge in [-0.15, -0.1) is 0 Å². The van der Waals surface area contributed by atoms with E-state index in [1.54, 1.807) is 53.7 Å². The molecule has 2 amide bonds. The summed E-state index contributed by atoms with van der Waals surface area (Å²) in [5.41, 5.74) is -0.590. The van der Waals surface area contributed by atoms with Crippen LogP contribution in [0.25, 0.3) is 0 Å². The minimum Gasteiger partial charge on any atom is -0.496 e. The van der Waals surface area contributed by atoms with E-state index >= 15 is 0 Å². The molecule has 0 saturated carbocycles. The van der Waals surface area contributed by atoms with Gasteiger partial charge in [-0.2, -0.15) is 5.26 Å². The molecule has 0 aliphatic heterocycles. The molecule has 1 aromatic carbocycles. The summed E-state index contributed by atoms with van der Waals surface area (Å²) < 4.78 is 15.9. The van der Waals surface area contributed by atoms with Crippen molar-refractivity contribution in [2.45, 2.75) is 59.3 Å². The van der Waals surface area contributed by atoms with E-state index in [1.807, 2.05) is 6.07 Å². The lowest BCUT2D eigenvalue weighted by Crippen LogP contribution is -2.43. The van der Waals surface area contributed by atoms with Crippen LogP contribution < -0.4 is 4.74 Å². The van der Waals surface area contributed by atoms with Crippen LogP contribution in [0.3, 0.4) is 0 Å². The molecule has 142 valence electrons. The first-order chi connectivity index (χ1) is 11.9. The third-order valence-electron chi connectivity index (χ3n) is 2.97. The summed E-state index contributed by atoms with van der Waals surface area (Å²) in [4.78, 5) is 25.9. The SMILES string of the molecule is COc1cc(C#N)ccc1CN(C(=O)OC(C)(C)C)C(=O)OC(C)(C)C. The lowest BCUT2D eigenvalue weighted by atomic mass is 10.1. The van der Waals surface area contributed by atoms with Crippen molar-refractivity contribution in [2.24, 2.45) is 0 Å². The summed E-state index contributed by atoms with van der Waals surface area (Å²) in [6.07, 6.45) is -1.64. The number of hydrogen-bond donors (Lipinski definition) is 0. The smallest absolute Gasteiger partial charge is 0.420 e. The van der Waals surface area contributed by atoms with Crippen molar-refractivity contribution in [1.82, 2.24) is 4.90 Å². The zero-order valence-corrected chi connectivity index (χ0v) is 16.4. The van der Waals surface area contributed by atoms with E-state index in [1.165, 1.54) is 13.2 Å². The maximum absolute atomic E-state index is 12.5. The molecule has 0 fully saturated rings. The Morgan fingerprint density at radius 3 is 1.92 bits per heavy atom. The van der Waals surface area contributed by atoms with E-state index in [0.717, 1.165) is 4.90 Å². The fourth-order valence-corrected chi connectivity index (χ4v) is 1.95. The Kier molecular flexibility index (Phi) is 6.62. The first-order valence-corrected chi connectivity index (χ1v) is 8.17. The number of hydrogen-bond acceptors (Lipinski definition) is 6. The maximum atomic E-state index is 12.5. The molecule has 0 heterocycles. The monoisotopic (exact) mass is 362 g/mol. The first kappa shape index (κ1) is 21.3. The van der Waals surface area contributed by atoms with Crippen molar-refractivity contribution in [2.75, 3.05) is 7.11 Å². The molecule has 0 aliphatic rings. The Bertz CT molecular complexity index is 680. The molecule has 0 radical (unpaired) electrons. The number of carbonyl (C=O) groups is 2. The molecular formula is C19H26N2O5. The summed E-state index contributed by atoms with van der Waals surface area (Å²) in [7, 11) is 1.45.